The Balaban J connectivity index is 0.000000343. The third-order valence-electron chi connectivity index (χ3n) is 27.8. The van der Waals surface area contributed by atoms with Gasteiger partial charge in [-0.05, 0) is 247 Å². The maximum absolute atomic E-state index is 12.7. The number of aromatic nitrogens is 5. The summed E-state index contributed by atoms with van der Waals surface area (Å²) in [5.74, 6) is 16.7. The van der Waals surface area contributed by atoms with Gasteiger partial charge >= 0.3 is 59.1 Å². The monoisotopic (exact) mass is 2400 g/mol. The topological polar surface area (TPSA) is 430 Å². The van der Waals surface area contributed by atoms with Gasteiger partial charge in [0.15, 0.2) is 5.75 Å². The Labute approximate surface area is 975 Å². The third-order valence-corrected chi connectivity index (χ3v) is 31.1. The van der Waals surface area contributed by atoms with Crippen molar-refractivity contribution in [3.05, 3.63) is 166 Å². The number of Topliss-reactive ketones (excluding diaryl/α,β-unsaturated/α-hetero) is 1. The van der Waals surface area contributed by atoms with Crippen LogP contribution in [0.2, 0.25) is 0 Å². The fourth-order valence-electron chi connectivity index (χ4n) is 20.2. The normalized spacial score (nSPS) is 21.5. The number of nitrogens with two attached hydrogens (primary N) is 2. The van der Waals surface area contributed by atoms with Crippen LogP contribution in [-0.2, 0) is 64.0 Å². The van der Waals surface area contributed by atoms with Crippen molar-refractivity contribution in [2.24, 2.45) is 11.1 Å². The van der Waals surface area contributed by atoms with Crippen molar-refractivity contribution in [3.63, 3.8) is 0 Å². The van der Waals surface area contributed by atoms with Crippen LogP contribution in [-0.4, -0.2) is 291 Å². The zero-order valence-corrected chi connectivity index (χ0v) is 99.6. The van der Waals surface area contributed by atoms with E-state index in [0.717, 1.165) is 220 Å². The van der Waals surface area contributed by atoms with Crippen LogP contribution >= 0.6 is 86.8 Å². The summed E-state index contributed by atoms with van der Waals surface area (Å²) in [6.07, 6.45) is 56.1. The van der Waals surface area contributed by atoms with Gasteiger partial charge in [-0.15, -0.1) is 55.9 Å². The van der Waals surface area contributed by atoms with Crippen LogP contribution in [0.3, 0.4) is 0 Å². The van der Waals surface area contributed by atoms with Gasteiger partial charge in [-0.3, -0.25) is 72.1 Å². The van der Waals surface area contributed by atoms with E-state index in [1.807, 2.05) is 57.7 Å². The number of hydrogen-bond donors (Lipinski definition) is 7. The van der Waals surface area contributed by atoms with Gasteiger partial charge in [-0.2, -0.15) is 0 Å². The van der Waals surface area contributed by atoms with E-state index in [1.165, 1.54) is 174 Å². The number of likely N-dealkylation sites (tertiary alicyclic amines) is 2. The van der Waals surface area contributed by atoms with Crippen molar-refractivity contribution in [1.82, 2.24) is 74.3 Å². The number of aryl methyl sites for hydroxylation is 1. The number of nitrogens with zero attached hydrogens (tertiary/aromatic N) is 14. The molecule has 0 spiro atoms. The van der Waals surface area contributed by atoms with Crippen LogP contribution in [0.15, 0.2) is 142 Å². The van der Waals surface area contributed by atoms with Gasteiger partial charge in [0.05, 0.1) is 77.5 Å². The second-order valence-electron chi connectivity index (χ2n) is 37.7. The summed E-state index contributed by atoms with van der Waals surface area (Å²) in [4.78, 5) is 110. The molecular formula is C107H149Br4Cl2N19Na2O15S. The molecular weight excluding hydrogens is 2260 g/mol. The number of amides is 2. The molecule has 150 heavy (non-hydrogen) atoms. The van der Waals surface area contributed by atoms with Crippen LogP contribution in [0.25, 0.3) is 21.8 Å². The fourth-order valence-corrected chi connectivity index (χ4v) is 22.3. The fraction of sp³-hybridized carbons (Fsp3) is 0.561. The molecule has 0 bridgehead atoms. The van der Waals surface area contributed by atoms with Crippen molar-refractivity contribution in [2.75, 3.05) is 142 Å². The van der Waals surface area contributed by atoms with E-state index >= 15 is 0 Å². The molecule has 7 aromatic rings. The van der Waals surface area contributed by atoms with Gasteiger partial charge in [0.2, 0.25) is 11.8 Å². The van der Waals surface area contributed by atoms with Crippen molar-refractivity contribution >= 4 is 160 Å². The number of nitrogen functional groups attached to an aromatic ring is 1. The Morgan fingerprint density at radius 1 is 0.540 bits per heavy atom. The molecule has 0 saturated carbocycles. The number of ether oxygens (including phenoxy) is 1. The van der Waals surface area contributed by atoms with Gasteiger partial charge < -0.3 is 63.2 Å². The number of quaternary nitrogens is 1. The number of alkyl halides is 1. The van der Waals surface area contributed by atoms with E-state index in [-0.39, 0.29) is 112 Å². The number of rotatable bonds is 9. The smallest absolute Gasteiger partial charge is 1.00 e. The van der Waals surface area contributed by atoms with E-state index in [4.69, 9.17) is 72.5 Å². The summed E-state index contributed by atoms with van der Waals surface area (Å²) in [6, 6.07) is 33.6. The molecule has 43 heteroatoms. The number of nitrogens with one attached hydrogen (secondary N) is 3. The first-order valence-corrected chi connectivity index (χ1v) is 57.0. The van der Waals surface area contributed by atoms with Gasteiger partial charge in [0.1, 0.15) is 23.1 Å². The second-order valence-corrected chi connectivity index (χ2v) is 43.8. The molecule has 4 aromatic carbocycles. The van der Waals surface area contributed by atoms with Crippen LogP contribution in [0.1, 0.15) is 205 Å². The minimum Gasteiger partial charge on any atom is -1.00 e. The molecule has 13 saturated heterocycles. The molecule has 2 amide bonds. The van der Waals surface area contributed by atoms with Crippen molar-refractivity contribution in [2.45, 2.75) is 253 Å². The maximum atomic E-state index is 12.7. The molecule has 22 rings (SSSR count). The zero-order chi connectivity index (χ0) is 106. The molecule has 0 radical (unpaired) electrons. The van der Waals surface area contributed by atoms with E-state index in [1.54, 1.807) is 48.7 Å². The number of terminal acetylenes is 4. The first kappa shape index (κ1) is 134. The largest absolute Gasteiger partial charge is 1.00 e. The Bertz CT molecular complexity index is 5650. The molecule has 9 N–H and O–H groups in total. The molecule has 13 fully saturated rings. The summed E-state index contributed by atoms with van der Waals surface area (Å²) in [5.41, 5.74) is 9.43. The molecule has 3 aromatic heterocycles. The minimum atomic E-state index is -3.53. The number of halogens is 6. The van der Waals surface area contributed by atoms with Gasteiger partial charge in [0, 0.05) is 208 Å². The predicted molar refractivity (Wildman–Crippen MR) is 598 cm³/mol. The molecule has 15 aliphatic heterocycles. The molecule has 34 nitrogen and oxygen atoms in total. The van der Waals surface area contributed by atoms with E-state index in [0.29, 0.717) is 85.3 Å². The number of pyridine rings is 1. The second kappa shape index (κ2) is 75.3. The summed E-state index contributed by atoms with van der Waals surface area (Å²) >= 11 is 13.3. The standard InChI is InChI=1S/2C15H16BrN3O.3C8H14N2O.2C8H13NO.C8H13N.C7H6BrNO2.C7H5N.C6H5ClO2S.C4H5Br.C4H9N.CH2O3.ClH.H3NO.2Na.H/c16-10-3-5-12-13(8-10)17-14-6-4-11-2-1-7-18(11)9-19(14)15(12)20;16-10-3-4-12-13(8-10)17-14-9-11-2-1-5-18(11)6-7-19(14)15(12)20;11-8-4-3-7-2-1-5-10(7)6-9-8;11-9-7-3-5-10-4-1-2-8(10)6-7;11-8-6-7-2-1-4-10(7)5-3-9-8;10-8-3-5-9-4-1-2-7(9)6-8;1-2-3-6-9(10)7-4-5-8-9;1-2-3-6-9-7-4-5-8-9;8-5-1-2-7(11-4-10)6(9)3-5;1-2-7-5-3-4-6-8-7;7-10(8,9)6-4-2-1-3-5-6;1-2-3-4-5;1-2-4-5-3-1;2-1-4-3;;1-2;;;/h3,5,8,11H,1-2,4,6-7,9H2;3-4,8,11H,1-2,5-7,9H2;7H,1-6H2,(H,9,11);8,11H,1-6H2;7H,1-6H2,(H,9,11);7H,1-6H2;1H,3-8H2;1H,3-8H2;1-4H,9H2;1,3-6H;1-5H;1H,3-4H2;5H,1-4H2;1,3H;1H;2H,1H2;;;/q;;;;;;;;;;;;;;;;2*+1;-1/p-1/b;;;9-7+;;;;;;;;;;;;;;;. The Hall–Kier alpha value is -6.70. The number of hydrogen-bond acceptors (Lipinski definition) is 29. The number of fused-ring (bicyclic) bond motifs is 10. The summed E-state index contributed by atoms with van der Waals surface area (Å²) in [6.45, 7) is 22.9. The number of oxime groups is 1. The van der Waals surface area contributed by atoms with Gasteiger partial charge in [0.25, 0.3) is 33.1 Å². The summed E-state index contributed by atoms with van der Waals surface area (Å²) in [5, 5.41) is 49.7. The summed E-state index contributed by atoms with van der Waals surface area (Å²) < 4.78 is 32.3. The van der Waals surface area contributed by atoms with E-state index in [9.17, 15) is 42.4 Å². The quantitative estimate of drug-likeness (QED) is 0.00631. The average Bonchev–Trinajstić information content (AvgIpc) is 1.76. The average molecular weight is 2410 g/mol. The molecule has 15 aliphatic rings. The van der Waals surface area contributed by atoms with E-state index < -0.39 is 9.05 Å². The zero-order valence-electron chi connectivity index (χ0n) is 87.8. The van der Waals surface area contributed by atoms with Crippen molar-refractivity contribution in [1.29, 1.82) is 0 Å². The van der Waals surface area contributed by atoms with Crippen molar-refractivity contribution < 1.29 is 123 Å². The number of benzene rings is 4. The Morgan fingerprint density at radius 3 is 1.57 bits per heavy atom. The minimum absolute atomic E-state index is 0. The first-order chi connectivity index (χ1) is 71.2. The first-order valence-electron chi connectivity index (χ1n) is 51.2. The maximum Gasteiger partial charge on any atom is 1.00 e. The number of carbonyl (C=O) groups is 5. The van der Waals surface area contributed by atoms with Crippen LogP contribution in [0.4, 0.5) is 5.69 Å². The number of ketones is 1. The number of anilines is 1. The molecule has 6 atom stereocenters. The third kappa shape index (κ3) is 47.4. The SMILES string of the molecule is C#CCCBr.C#CCCN1CCCC1.C#CCC[N+]1([O-])CCCC1.C#Cc1ccccn1.C1CCNC1.Cl.NO.Nc1cc(Br)ccc1OC=O.O/N=C1\CCN2CCCC2C1.O=C1CC2CCCN2CCN1.O=C1CCC2CCCN2CN1.O=C1CCN2CCCC2C1.O=CO[O-].O=S(=O)(Cl)c1ccccc1.O=c1c2ccc(Br)cc2nc2n1CCN1CCCC1C2.O=c1c2ccc(Br)cc2nc2n1CN1CCCC1CC2.[H-].[Na+].[Na+]. The van der Waals surface area contributed by atoms with Crippen LogP contribution in [0.5, 0.6) is 5.75 Å². The summed E-state index contributed by atoms with van der Waals surface area (Å²) in [7, 11) is 1.50. The number of hydroxylamine groups is 3. The van der Waals surface area contributed by atoms with Crippen molar-refractivity contribution in [3.8, 4) is 55.1 Å². The molecule has 0 aliphatic carbocycles. The van der Waals surface area contributed by atoms with Gasteiger partial charge in [-0.25, -0.2) is 29.3 Å². The number of piperidine rings is 2. The number of carbonyl (C=O) groups excluding carboxylic acids is 5. The Morgan fingerprint density at radius 2 is 1.05 bits per heavy atom. The van der Waals surface area contributed by atoms with E-state index in [2.05, 4.69) is 163 Å². The molecule has 18 heterocycles. The van der Waals surface area contributed by atoms with Crippen LogP contribution in [0, 0.1) is 54.6 Å². The van der Waals surface area contributed by atoms with Gasteiger partial charge in [-0.1, -0.05) is 99.1 Å². The predicted octanol–water partition coefficient (Wildman–Crippen LogP) is 7.44. The molecule has 6 unspecified atom stereocenters. The Kier molecular flexibility index (Phi) is 67.1. The van der Waals surface area contributed by atoms with Crippen LogP contribution < -0.4 is 108 Å². The molecule has 812 valence electrons.